The fourth-order valence-electron chi connectivity index (χ4n) is 6.16. The van der Waals surface area contributed by atoms with Crippen molar-refractivity contribution in [2.24, 2.45) is 0 Å². The summed E-state index contributed by atoms with van der Waals surface area (Å²) in [5, 5.41) is 0. The smallest absolute Gasteiger partial charge is 0.306 e. The Kier molecular flexibility index (Phi) is 43.0. The van der Waals surface area contributed by atoms with Gasteiger partial charge in [-0.25, -0.2) is 0 Å². The molecule has 0 rings (SSSR count). The molecule has 0 unspecified atom stereocenters. The second-order valence-electron chi connectivity index (χ2n) is 15.3. The molecule has 0 radical (unpaired) electrons. The first-order valence-corrected chi connectivity index (χ1v) is 23.4. The summed E-state index contributed by atoms with van der Waals surface area (Å²) in [6, 6.07) is 0. The van der Waals surface area contributed by atoms with E-state index >= 15 is 0 Å². The molecule has 0 aliphatic carbocycles. The van der Waals surface area contributed by atoms with Crippen molar-refractivity contribution in [3.63, 3.8) is 0 Å². The molecule has 0 bridgehead atoms. The Morgan fingerprint density at radius 3 is 1.21 bits per heavy atom. The van der Waals surface area contributed by atoms with Crippen molar-refractivity contribution < 1.29 is 28.6 Å². The normalized spacial score (nSPS) is 12.7. The number of carbonyl (C=O) groups is 3. The first-order valence-electron chi connectivity index (χ1n) is 23.4. The first kappa shape index (κ1) is 53.9. The van der Waals surface area contributed by atoms with Crippen LogP contribution in [0.15, 0.2) is 72.9 Å². The van der Waals surface area contributed by atoms with E-state index in [1.54, 1.807) is 0 Å². The van der Waals surface area contributed by atoms with Gasteiger partial charge in [0.2, 0.25) is 0 Å². The molecule has 1 atom stereocenters. The zero-order valence-electron chi connectivity index (χ0n) is 37.1. The minimum absolute atomic E-state index is 0.0955. The molecule has 0 aromatic carbocycles. The van der Waals surface area contributed by atoms with E-state index in [9.17, 15) is 14.4 Å². The van der Waals surface area contributed by atoms with E-state index in [0.717, 1.165) is 89.9 Å². The van der Waals surface area contributed by atoms with Gasteiger partial charge in [0.25, 0.3) is 0 Å². The monoisotopic (exact) mass is 795 g/mol. The van der Waals surface area contributed by atoms with Crippen LogP contribution in [0.5, 0.6) is 0 Å². The van der Waals surface area contributed by atoms with E-state index in [4.69, 9.17) is 14.2 Å². The van der Waals surface area contributed by atoms with Gasteiger partial charge >= 0.3 is 17.9 Å². The third kappa shape index (κ3) is 43.8. The highest BCUT2D eigenvalue weighted by Crippen LogP contribution is 2.14. The van der Waals surface area contributed by atoms with Crippen LogP contribution >= 0.6 is 0 Å². The van der Waals surface area contributed by atoms with Crippen LogP contribution in [0.3, 0.4) is 0 Å². The Hall–Kier alpha value is -3.15. The standard InChI is InChI=1S/C51H86O6/c1-4-7-10-13-16-19-22-23-24-25-26-27-30-32-35-38-41-44-50(53)56-47-48(57-51(54)45-42-39-36-33-29-21-18-15-12-9-6-3)46-55-49(52)43-40-37-34-31-28-20-17-14-11-8-5-2/h7,10,15-16,18-19,23-24,26-27,32,35,48H,4-6,8-9,11-14,17,20-22,25,28-31,33-34,36-47H2,1-3H3/b10-7-,18-15-,19-16-,24-23-,27-26-,35-32-/t48-/m1/s1. The zero-order valence-corrected chi connectivity index (χ0v) is 37.1. The highest BCUT2D eigenvalue weighted by Gasteiger charge is 2.19. The molecule has 0 aromatic rings. The third-order valence-corrected chi connectivity index (χ3v) is 9.70. The summed E-state index contributed by atoms with van der Waals surface area (Å²) in [6.07, 6.45) is 56.0. The Morgan fingerprint density at radius 1 is 0.368 bits per heavy atom. The van der Waals surface area contributed by atoms with Gasteiger partial charge in [0, 0.05) is 19.3 Å². The van der Waals surface area contributed by atoms with Gasteiger partial charge < -0.3 is 14.2 Å². The molecule has 6 nitrogen and oxygen atoms in total. The summed E-state index contributed by atoms with van der Waals surface area (Å²) in [7, 11) is 0. The fraction of sp³-hybridized carbons (Fsp3) is 0.706. The van der Waals surface area contributed by atoms with Gasteiger partial charge in [-0.15, -0.1) is 0 Å². The van der Waals surface area contributed by atoms with Crippen molar-refractivity contribution in [1.82, 2.24) is 0 Å². The van der Waals surface area contributed by atoms with Crippen LogP contribution in [-0.2, 0) is 28.6 Å². The first-order chi connectivity index (χ1) is 28.0. The van der Waals surface area contributed by atoms with E-state index in [-0.39, 0.29) is 37.5 Å². The maximum Gasteiger partial charge on any atom is 0.306 e. The molecule has 0 N–H and O–H groups in total. The van der Waals surface area contributed by atoms with Gasteiger partial charge in [0.1, 0.15) is 13.2 Å². The minimum atomic E-state index is -0.798. The number of rotatable bonds is 41. The topological polar surface area (TPSA) is 78.9 Å². The molecule has 0 aromatic heterocycles. The van der Waals surface area contributed by atoms with Crippen LogP contribution < -0.4 is 0 Å². The molecule has 0 fully saturated rings. The van der Waals surface area contributed by atoms with Gasteiger partial charge in [-0.05, 0) is 77.0 Å². The van der Waals surface area contributed by atoms with E-state index < -0.39 is 6.10 Å². The predicted octanol–water partition coefficient (Wildman–Crippen LogP) is 15.1. The maximum absolute atomic E-state index is 12.7. The highest BCUT2D eigenvalue weighted by atomic mass is 16.6. The van der Waals surface area contributed by atoms with Crippen LogP contribution in [0.1, 0.15) is 213 Å². The zero-order chi connectivity index (χ0) is 41.5. The summed E-state index contributed by atoms with van der Waals surface area (Å²) in [6.45, 7) is 6.40. The number of ether oxygens (including phenoxy) is 3. The lowest BCUT2D eigenvalue weighted by atomic mass is 10.1. The second-order valence-corrected chi connectivity index (χ2v) is 15.3. The van der Waals surface area contributed by atoms with Crippen LogP contribution in [0.25, 0.3) is 0 Å². The molecule has 0 aliphatic rings. The Balaban J connectivity index is 4.46. The van der Waals surface area contributed by atoms with Crippen molar-refractivity contribution >= 4 is 17.9 Å². The van der Waals surface area contributed by atoms with Gasteiger partial charge in [-0.3, -0.25) is 14.4 Å². The van der Waals surface area contributed by atoms with E-state index in [1.165, 1.54) is 77.0 Å². The molecule has 6 heteroatoms. The Labute approximate surface area is 351 Å². The quantitative estimate of drug-likeness (QED) is 0.0265. The second kappa shape index (κ2) is 45.6. The molecule has 57 heavy (non-hydrogen) atoms. The van der Waals surface area contributed by atoms with E-state index in [0.29, 0.717) is 19.3 Å². The van der Waals surface area contributed by atoms with E-state index in [1.807, 2.05) is 0 Å². The lowest BCUT2D eigenvalue weighted by Gasteiger charge is -2.18. The summed E-state index contributed by atoms with van der Waals surface area (Å²) < 4.78 is 16.7. The molecule has 326 valence electrons. The number of hydrogen-bond donors (Lipinski definition) is 0. The molecule has 0 saturated carbocycles. The van der Waals surface area contributed by atoms with Gasteiger partial charge in [0.05, 0.1) is 0 Å². The van der Waals surface area contributed by atoms with Crippen LogP contribution in [0.2, 0.25) is 0 Å². The lowest BCUT2D eigenvalue weighted by Crippen LogP contribution is -2.30. The molecular formula is C51H86O6. The predicted molar refractivity (Wildman–Crippen MR) is 242 cm³/mol. The largest absolute Gasteiger partial charge is 0.462 e. The molecular weight excluding hydrogens is 709 g/mol. The van der Waals surface area contributed by atoms with Crippen molar-refractivity contribution in [1.29, 1.82) is 0 Å². The van der Waals surface area contributed by atoms with Gasteiger partial charge in [-0.2, -0.15) is 0 Å². The van der Waals surface area contributed by atoms with Crippen molar-refractivity contribution in [3.05, 3.63) is 72.9 Å². The molecule has 0 spiro atoms. The average Bonchev–Trinajstić information content (AvgIpc) is 3.21. The number of unbranched alkanes of at least 4 members (excludes halogenated alkanes) is 18. The third-order valence-electron chi connectivity index (χ3n) is 9.70. The molecule has 0 amide bonds. The SMILES string of the molecule is CC/C=C\C/C=C\C/C=C\C/C=C\C/C=C\CCCC(=O)OC[C@@H](COC(=O)CCCCCCCCCCCCC)OC(=O)CCCCCCC/C=C\CCCC. The molecule has 0 aliphatic heterocycles. The number of carbonyl (C=O) groups excluding carboxylic acids is 3. The highest BCUT2D eigenvalue weighted by molar-refractivity contribution is 5.71. The van der Waals surface area contributed by atoms with Crippen LogP contribution in [0, 0.1) is 0 Å². The molecule has 0 saturated heterocycles. The molecule has 0 heterocycles. The van der Waals surface area contributed by atoms with Crippen molar-refractivity contribution in [2.45, 2.75) is 219 Å². The van der Waals surface area contributed by atoms with Crippen LogP contribution in [0.4, 0.5) is 0 Å². The van der Waals surface area contributed by atoms with Crippen LogP contribution in [-0.4, -0.2) is 37.2 Å². The summed E-state index contributed by atoms with van der Waals surface area (Å²) in [4.78, 5) is 37.7. The summed E-state index contributed by atoms with van der Waals surface area (Å²) >= 11 is 0. The van der Waals surface area contributed by atoms with E-state index in [2.05, 4.69) is 93.7 Å². The number of allylic oxidation sites excluding steroid dienone is 12. The maximum atomic E-state index is 12.7. The minimum Gasteiger partial charge on any atom is -0.462 e. The van der Waals surface area contributed by atoms with Gasteiger partial charge in [-0.1, -0.05) is 190 Å². The lowest BCUT2D eigenvalue weighted by molar-refractivity contribution is -0.167. The van der Waals surface area contributed by atoms with Gasteiger partial charge in [0.15, 0.2) is 6.10 Å². The summed E-state index contributed by atoms with van der Waals surface area (Å²) in [5.74, 6) is -0.971. The average molecular weight is 795 g/mol. The number of esters is 3. The Morgan fingerprint density at radius 2 is 0.719 bits per heavy atom. The number of hydrogen-bond acceptors (Lipinski definition) is 6. The fourth-order valence-corrected chi connectivity index (χ4v) is 6.16. The van der Waals surface area contributed by atoms with Crippen molar-refractivity contribution in [3.8, 4) is 0 Å². The van der Waals surface area contributed by atoms with Crippen molar-refractivity contribution in [2.75, 3.05) is 13.2 Å². The Bertz CT molecular complexity index is 1100. The summed E-state index contributed by atoms with van der Waals surface area (Å²) in [5.41, 5.74) is 0.